The van der Waals surface area contributed by atoms with E-state index in [1.54, 1.807) is 13.8 Å². The van der Waals surface area contributed by atoms with Crippen LogP contribution in [0.2, 0.25) is 0 Å². The minimum Gasteiger partial charge on any atom is -0.491 e. The first-order valence-corrected chi connectivity index (χ1v) is 9.41. The van der Waals surface area contributed by atoms with Gasteiger partial charge in [-0.05, 0) is 63.1 Å². The van der Waals surface area contributed by atoms with Crippen LogP contribution in [-0.2, 0) is 12.4 Å². The molecule has 170 valence electrons. The molecule has 0 N–H and O–H groups in total. The summed E-state index contributed by atoms with van der Waals surface area (Å²) in [4.78, 5) is 0. The fraction of sp³-hybridized carbons (Fsp3) is 0.364. The average Bonchev–Trinajstić information content (AvgIpc) is 2.71. The Hall–Kier alpha value is -3.40. The number of alkyl halides is 6. The summed E-state index contributed by atoms with van der Waals surface area (Å²) >= 11 is 0. The number of hydrogen-bond donors (Lipinski definition) is 0. The lowest BCUT2D eigenvalue weighted by Gasteiger charge is -2.20. The molecule has 0 aliphatic heterocycles. The summed E-state index contributed by atoms with van der Waals surface area (Å²) in [6.07, 6.45) is -9.78. The normalized spacial score (nSPS) is 13.6. The summed E-state index contributed by atoms with van der Waals surface area (Å²) in [5.41, 5.74) is -3.22. The van der Waals surface area contributed by atoms with Crippen molar-refractivity contribution in [3.8, 4) is 23.6 Å². The first-order valence-electron chi connectivity index (χ1n) is 9.41. The number of nitriles is 2. The number of halogens is 6. The second-order valence-corrected chi connectivity index (χ2v) is 7.07. The molecule has 0 saturated carbocycles. The van der Waals surface area contributed by atoms with Gasteiger partial charge in [0.15, 0.2) is 0 Å². The lowest BCUT2D eigenvalue weighted by atomic mass is 10.1. The zero-order chi connectivity index (χ0) is 24.1. The predicted octanol–water partition coefficient (Wildman–Crippen LogP) is 6.48. The van der Waals surface area contributed by atoms with Gasteiger partial charge in [0.05, 0.1) is 46.6 Å². The lowest BCUT2D eigenvalue weighted by Crippen LogP contribution is -2.19. The number of nitrogens with zero attached hydrogens (tertiary/aromatic N) is 2. The molecule has 2 rings (SSSR count). The Morgan fingerprint density at radius 2 is 1.06 bits per heavy atom. The molecule has 0 saturated heterocycles. The highest BCUT2D eigenvalue weighted by molar-refractivity contribution is 5.45. The Morgan fingerprint density at radius 1 is 0.719 bits per heavy atom. The van der Waals surface area contributed by atoms with Gasteiger partial charge >= 0.3 is 12.4 Å². The molecule has 1 unspecified atom stereocenters. The topological polar surface area (TPSA) is 66.0 Å². The van der Waals surface area contributed by atoms with E-state index in [1.165, 1.54) is 24.3 Å². The van der Waals surface area contributed by atoms with E-state index in [0.29, 0.717) is 12.8 Å². The fourth-order valence-electron chi connectivity index (χ4n) is 2.91. The van der Waals surface area contributed by atoms with Crippen LogP contribution in [0.5, 0.6) is 11.5 Å². The highest BCUT2D eigenvalue weighted by atomic mass is 19.4. The number of hydrogen-bond acceptors (Lipinski definition) is 4. The molecule has 0 radical (unpaired) electrons. The predicted molar refractivity (Wildman–Crippen MR) is 102 cm³/mol. The smallest absolute Gasteiger partial charge is 0.417 e. The largest absolute Gasteiger partial charge is 0.491 e. The van der Waals surface area contributed by atoms with E-state index >= 15 is 0 Å². The van der Waals surface area contributed by atoms with Crippen LogP contribution in [0.15, 0.2) is 36.4 Å². The van der Waals surface area contributed by atoms with Crippen molar-refractivity contribution < 1.29 is 35.8 Å². The molecule has 0 bridgehead atoms. The summed E-state index contributed by atoms with van der Waals surface area (Å²) in [7, 11) is 0. The standard InChI is InChI=1S/C22H18F6N2O2/c1-13(31-17-7-5-15(11-29)19(9-17)21(23,24)25)3-4-14(2)32-18-8-6-16(12-30)20(10-18)22(26,27)28/h5-10,13-14H,3-4H2,1-2H3/t13-,14?/m1/s1. The number of ether oxygens (including phenoxy) is 2. The van der Waals surface area contributed by atoms with Crippen LogP contribution >= 0.6 is 0 Å². The van der Waals surface area contributed by atoms with Crippen molar-refractivity contribution in [1.82, 2.24) is 0 Å². The van der Waals surface area contributed by atoms with E-state index in [0.717, 1.165) is 24.3 Å². The van der Waals surface area contributed by atoms with Crippen molar-refractivity contribution in [3.63, 3.8) is 0 Å². The van der Waals surface area contributed by atoms with Crippen molar-refractivity contribution in [1.29, 1.82) is 10.5 Å². The maximum Gasteiger partial charge on any atom is 0.417 e. The van der Waals surface area contributed by atoms with Gasteiger partial charge in [0.1, 0.15) is 11.5 Å². The maximum absolute atomic E-state index is 13.1. The lowest BCUT2D eigenvalue weighted by molar-refractivity contribution is -0.138. The van der Waals surface area contributed by atoms with Crippen molar-refractivity contribution in [2.75, 3.05) is 0 Å². The van der Waals surface area contributed by atoms with Crippen LogP contribution in [0.25, 0.3) is 0 Å². The first kappa shape index (κ1) is 24.9. The molecular formula is C22H18F6N2O2. The monoisotopic (exact) mass is 456 g/mol. The Bertz CT molecular complexity index is 951. The molecule has 0 amide bonds. The zero-order valence-electron chi connectivity index (χ0n) is 17.0. The molecule has 2 aromatic rings. The minimum absolute atomic E-state index is 0.0562. The van der Waals surface area contributed by atoms with E-state index in [4.69, 9.17) is 20.0 Å². The Labute approximate surface area is 180 Å². The maximum atomic E-state index is 13.1. The van der Waals surface area contributed by atoms with Gasteiger partial charge in [-0.15, -0.1) is 0 Å². The molecule has 0 spiro atoms. The molecule has 0 aliphatic rings. The SMILES string of the molecule is CC(CC[C@@H](C)Oc1ccc(C#N)c(C(F)(F)F)c1)Oc1ccc(C#N)c(C(F)(F)F)c1. The Morgan fingerprint density at radius 3 is 1.34 bits per heavy atom. The summed E-state index contributed by atoms with van der Waals surface area (Å²) in [6, 6.07) is 9.06. The van der Waals surface area contributed by atoms with Crippen molar-refractivity contribution >= 4 is 0 Å². The van der Waals surface area contributed by atoms with Crippen molar-refractivity contribution in [2.45, 2.75) is 51.2 Å². The van der Waals surface area contributed by atoms with E-state index in [-0.39, 0.29) is 11.5 Å². The third kappa shape index (κ3) is 6.55. The van der Waals surface area contributed by atoms with Crippen LogP contribution in [-0.4, -0.2) is 12.2 Å². The van der Waals surface area contributed by atoms with Crippen molar-refractivity contribution in [3.05, 3.63) is 58.7 Å². The van der Waals surface area contributed by atoms with Gasteiger partial charge in [-0.25, -0.2) is 0 Å². The highest BCUT2D eigenvalue weighted by Gasteiger charge is 2.35. The molecule has 0 fully saturated rings. The molecule has 10 heteroatoms. The summed E-state index contributed by atoms with van der Waals surface area (Å²) in [6.45, 7) is 3.25. The third-order valence-electron chi connectivity index (χ3n) is 4.49. The Kier molecular flexibility index (Phi) is 7.63. The number of rotatable bonds is 7. The quantitative estimate of drug-likeness (QED) is 0.447. The van der Waals surface area contributed by atoms with E-state index in [9.17, 15) is 26.3 Å². The molecule has 0 aromatic heterocycles. The zero-order valence-corrected chi connectivity index (χ0v) is 17.0. The van der Waals surface area contributed by atoms with Crippen LogP contribution in [0.4, 0.5) is 26.3 Å². The summed E-state index contributed by atoms with van der Waals surface area (Å²) < 4.78 is 89.3. The van der Waals surface area contributed by atoms with Crippen LogP contribution < -0.4 is 9.47 Å². The van der Waals surface area contributed by atoms with Crippen LogP contribution in [0, 0.1) is 22.7 Å². The second kappa shape index (κ2) is 9.82. The molecule has 2 aromatic carbocycles. The molecule has 2 atom stereocenters. The van der Waals surface area contributed by atoms with E-state index in [1.807, 2.05) is 0 Å². The Balaban J connectivity index is 1.99. The third-order valence-corrected chi connectivity index (χ3v) is 4.49. The van der Waals surface area contributed by atoms with Crippen molar-refractivity contribution in [2.24, 2.45) is 0 Å². The van der Waals surface area contributed by atoms with Gasteiger partial charge < -0.3 is 9.47 Å². The molecular weight excluding hydrogens is 438 g/mol. The van der Waals surface area contributed by atoms with Crippen LogP contribution in [0.1, 0.15) is 48.9 Å². The van der Waals surface area contributed by atoms with E-state index < -0.39 is 46.8 Å². The average molecular weight is 456 g/mol. The minimum atomic E-state index is -4.70. The van der Waals surface area contributed by atoms with Gasteiger partial charge in [0.2, 0.25) is 0 Å². The van der Waals surface area contributed by atoms with Gasteiger partial charge in [-0.1, -0.05) is 0 Å². The molecule has 0 heterocycles. The molecule has 4 nitrogen and oxygen atoms in total. The molecule has 0 aliphatic carbocycles. The van der Waals surface area contributed by atoms with E-state index in [2.05, 4.69) is 0 Å². The molecule has 32 heavy (non-hydrogen) atoms. The van der Waals surface area contributed by atoms with Gasteiger partial charge in [0, 0.05) is 0 Å². The summed E-state index contributed by atoms with van der Waals surface area (Å²) in [5.74, 6) is -0.112. The highest BCUT2D eigenvalue weighted by Crippen LogP contribution is 2.35. The van der Waals surface area contributed by atoms with Crippen LogP contribution in [0.3, 0.4) is 0 Å². The van der Waals surface area contributed by atoms with Gasteiger partial charge in [0.25, 0.3) is 0 Å². The van der Waals surface area contributed by atoms with Gasteiger partial charge in [-0.2, -0.15) is 36.9 Å². The summed E-state index contributed by atoms with van der Waals surface area (Å²) in [5, 5.41) is 17.7. The van der Waals surface area contributed by atoms with Gasteiger partial charge in [-0.3, -0.25) is 0 Å². The second-order valence-electron chi connectivity index (χ2n) is 7.07. The fourth-order valence-corrected chi connectivity index (χ4v) is 2.91. The number of benzene rings is 2. The first-order chi connectivity index (χ1) is 14.8.